The minimum atomic E-state index is -0.140. The van der Waals surface area contributed by atoms with Gasteiger partial charge >= 0.3 is 0 Å². The van der Waals surface area contributed by atoms with Gasteiger partial charge in [0.05, 0.1) is 11.8 Å². The summed E-state index contributed by atoms with van der Waals surface area (Å²) in [5, 5.41) is 12.7. The van der Waals surface area contributed by atoms with Gasteiger partial charge in [-0.1, -0.05) is 41.1 Å². The standard InChI is InChI=1S/C23H24ClN5O2S/c1-15-5-3-6-16(13-15)22(31)29-12-4-7-19(29)21-26-27-23(28(21)2)32-14-20(30)25-18-10-8-17(24)9-11-18/h3,5-6,8-11,13,19H,4,7,12,14H2,1-2H3,(H,25,30). The van der Waals surface area contributed by atoms with E-state index in [0.29, 0.717) is 28.0 Å². The third-order valence-electron chi connectivity index (χ3n) is 5.41. The van der Waals surface area contributed by atoms with E-state index < -0.39 is 0 Å². The molecule has 4 rings (SSSR count). The van der Waals surface area contributed by atoms with Crippen LogP contribution in [-0.2, 0) is 11.8 Å². The summed E-state index contributed by atoms with van der Waals surface area (Å²) in [5.74, 6) is 0.810. The Balaban J connectivity index is 1.42. The summed E-state index contributed by atoms with van der Waals surface area (Å²) in [6.07, 6.45) is 1.76. The maximum Gasteiger partial charge on any atom is 0.254 e. The van der Waals surface area contributed by atoms with Crippen LogP contribution in [0.5, 0.6) is 0 Å². The summed E-state index contributed by atoms with van der Waals surface area (Å²) in [7, 11) is 1.88. The van der Waals surface area contributed by atoms with Gasteiger partial charge in [-0.3, -0.25) is 9.59 Å². The van der Waals surface area contributed by atoms with E-state index in [1.807, 2.05) is 47.7 Å². The highest BCUT2D eigenvalue weighted by Crippen LogP contribution is 2.33. The molecule has 0 radical (unpaired) electrons. The van der Waals surface area contributed by atoms with Crippen LogP contribution < -0.4 is 5.32 Å². The van der Waals surface area contributed by atoms with E-state index in [4.69, 9.17) is 11.6 Å². The number of rotatable bonds is 6. The van der Waals surface area contributed by atoms with Gasteiger partial charge in [-0.05, 0) is 56.2 Å². The Bertz CT molecular complexity index is 1130. The minimum Gasteiger partial charge on any atom is -0.328 e. The molecule has 2 aromatic carbocycles. The van der Waals surface area contributed by atoms with Crippen LogP contribution in [0.25, 0.3) is 0 Å². The van der Waals surface area contributed by atoms with Crippen LogP contribution in [0, 0.1) is 6.92 Å². The molecule has 1 fully saturated rings. The number of carbonyl (C=O) groups is 2. The molecule has 9 heteroatoms. The fourth-order valence-electron chi connectivity index (χ4n) is 3.82. The Morgan fingerprint density at radius 1 is 1.19 bits per heavy atom. The monoisotopic (exact) mass is 469 g/mol. The molecule has 0 bridgehead atoms. The molecule has 2 heterocycles. The molecule has 0 aliphatic carbocycles. The van der Waals surface area contributed by atoms with Crippen LogP contribution >= 0.6 is 23.4 Å². The maximum atomic E-state index is 13.1. The van der Waals surface area contributed by atoms with Gasteiger partial charge < -0.3 is 14.8 Å². The lowest BCUT2D eigenvalue weighted by Crippen LogP contribution is -2.32. The van der Waals surface area contributed by atoms with Crippen molar-refractivity contribution < 1.29 is 9.59 Å². The van der Waals surface area contributed by atoms with E-state index in [0.717, 1.165) is 24.2 Å². The van der Waals surface area contributed by atoms with Gasteiger partial charge in [0.2, 0.25) is 5.91 Å². The lowest BCUT2D eigenvalue weighted by Gasteiger charge is -2.24. The van der Waals surface area contributed by atoms with Crippen LogP contribution in [0.2, 0.25) is 5.02 Å². The number of nitrogens with one attached hydrogen (secondary N) is 1. The molecule has 1 atom stereocenters. The number of amides is 2. The Morgan fingerprint density at radius 2 is 1.97 bits per heavy atom. The van der Waals surface area contributed by atoms with Gasteiger partial charge in [0, 0.05) is 29.9 Å². The number of benzene rings is 2. The van der Waals surface area contributed by atoms with Crippen molar-refractivity contribution >= 4 is 40.9 Å². The molecule has 1 N–H and O–H groups in total. The summed E-state index contributed by atoms with van der Waals surface area (Å²) < 4.78 is 1.88. The number of thioether (sulfide) groups is 1. The second-order valence-corrected chi connectivity index (χ2v) is 9.15. The predicted molar refractivity (Wildman–Crippen MR) is 126 cm³/mol. The van der Waals surface area contributed by atoms with E-state index in [1.54, 1.807) is 24.3 Å². The summed E-state index contributed by atoms with van der Waals surface area (Å²) in [6.45, 7) is 2.67. The molecule has 0 saturated carbocycles. The minimum absolute atomic E-state index is 0.00995. The molecule has 1 unspecified atom stereocenters. The van der Waals surface area contributed by atoms with E-state index in [2.05, 4.69) is 15.5 Å². The maximum absolute atomic E-state index is 13.1. The predicted octanol–water partition coefficient (Wildman–Crippen LogP) is 4.49. The molecule has 1 aliphatic rings. The van der Waals surface area contributed by atoms with Crippen LogP contribution in [-0.4, -0.2) is 43.8 Å². The van der Waals surface area contributed by atoms with Crippen molar-refractivity contribution in [1.29, 1.82) is 0 Å². The fourth-order valence-corrected chi connectivity index (χ4v) is 4.67. The first-order chi connectivity index (χ1) is 15.4. The first-order valence-electron chi connectivity index (χ1n) is 10.4. The van der Waals surface area contributed by atoms with Crippen molar-refractivity contribution in [2.45, 2.75) is 31.0 Å². The van der Waals surface area contributed by atoms with Gasteiger partial charge in [0.15, 0.2) is 11.0 Å². The number of likely N-dealkylation sites (tertiary alicyclic amines) is 1. The second kappa shape index (κ2) is 9.75. The number of anilines is 1. The largest absolute Gasteiger partial charge is 0.328 e. The molecule has 7 nitrogen and oxygen atoms in total. The normalized spacial score (nSPS) is 15.7. The van der Waals surface area contributed by atoms with Crippen molar-refractivity contribution in [3.63, 3.8) is 0 Å². The number of hydrogen-bond acceptors (Lipinski definition) is 5. The van der Waals surface area contributed by atoms with Gasteiger partial charge in [0.1, 0.15) is 0 Å². The zero-order valence-corrected chi connectivity index (χ0v) is 19.5. The number of nitrogens with zero attached hydrogens (tertiary/aromatic N) is 4. The number of halogens is 1. The molecule has 1 saturated heterocycles. The summed E-state index contributed by atoms with van der Waals surface area (Å²) in [4.78, 5) is 27.3. The third-order valence-corrected chi connectivity index (χ3v) is 6.68. The highest BCUT2D eigenvalue weighted by molar-refractivity contribution is 7.99. The zero-order chi connectivity index (χ0) is 22.7. The summed E-state index contributed by atoms with van der Waals surface area (Å²) in [6, 6.07) is 14.5. The van der Waals surface area contributed by atoms with Crippen molar-refractivity contribution in [2.75, 3.05) is 17.6 Å². The van der Waals surface area contributed by atoms with Crippen LogP contribution in [0.4, 0.5) is 5.69 Å². The molecule has 32 heavy (non-hydrogen) atoms. The Kier molecular flexibility index (Phi) is 6.81. The lowest BCUT2D eigenvalue weighted by atomic mass is 10.1. The number of hydrogen-bond donors (Lipinski definition) is 1. The third kappa shape index (κ3) is 4.97. The zero-order valence-electron chi connectivity index (χ0n) is 17.9. The smallest absolute Gasteiger partial charge is 0.254 e. The van der Waals surface area contributed by atoms with Crippen molar-refractivity contribution in [2.24, 2.45) is 7.05 Å². The summed E-state index contributed by atoms with van der Waals surface area (Å²) >= 11 is 7.19. The Hall–Kier alpha value is -2.84. The van der Waals surface area contributed by atoms with Gasteiger partial charge in [-0.2, -0.15) is 0 Å². The lowest BCUT2D eigenvalue weighted by molar-refractivity contribution is -0.113. The van der Waals surface area contributed by atoms with E-state index in [1.165, 1.54) is 11.8 Å². The van der Waals surface area contributed by atoms with Crippen LogP contribution in [0.1, 0.15) is 40.6 Å². The highest BCUT2D eigenvalue weighted by Gasteiger charge is 2.34. The van der Waals surface area contributed by atoms with Crippen LogP contribution in [0.3, 0.4) is 0 Å². The number of aromatic nitrogens is 3. The molecule has 3 aromatic rings. The van der Waals surface area contributed by atoms with E-state index in [-0.39, 0.29) is 23.6 Å². The molecule has 0 spiro atoms. The van der Waals surface area contributed by atoms with Crippen molar-refractivity contribution in [3.05, 3.63) is 70.5 Å². The first kappa shape index (κ1) is 22.4. The molecular formula is C23H24ClN5O2S. The van der Waals surface area contributed by atoms with Gasteiger partial charge in [-0.25, -0.2) is 0 Å². The average Bonchev–Trinajstić information content (AvgIpc) is 3.40. The molecule has 166 valence electrons. The van der Waals surface area contributed by atoms with Gasteiger partial charge in [-0.15, -0.1) is 10.2 Å². The van der Waals surface area contributed by atoms with E-state index in [9.17, 15) is 9.59 Å². The van der Waals surface area contributed by atoms with Crippen molar-refractivity contribution in [1.82, 2.24) is 19.7 Å². The average molecular weight is 470 g/mol. The first-order valence-corrected chi connectivity index (χ1v) is 11.7. The molecular weight excluding hydrogens is 446 g/mol. The Labute approximate surface area is 196 Å². The van der Waals surface area contributed by atoms with Gasteiger partial charge in [0.25, 0.3) is 5.91 Å². The second-order valence-electron chi connectivity index (χ2n) is 7.77. The molecule has 2 amide bonds. The topological polar surface area (TPSA) is 80.1 Å². The fraction of sp³-hybridized carbons (Fsp3) is 0.304. The Morgan fingerprint density at radius 3 is 2.72 bits per heavy atom. The van der Waals surface area contributed by atoms with Crippen molar-refractivity contribution in [3.8, 4) is 0 Å². The van der Waals surface area contributed by atoms with Crippen LogP contribution in [0.15, 0.2) is 53.7 Å². The highest BCUT2D eigenvalue weighted by atomic mass is 35.5. The van der Waals surface area contributed by atoms with E-state index >= 15 is 0 Å². The number of carbonyl (C=O) groups excluding carboxylic acids is 2. The molecule has 1 aromatic heterocycles. The SMILES string of the molecule is Cc1cccc(C(=O)N2CCCC2c2nnc(SCC(=O)Nc3ccc(Cl)cc3)n2C)c1. The quantitative estimate of drug-likeness (QED) is 0.538. The summed E-state index contributed by atoms with van der Waals surface area (Å²) in [5.41, 5.74) is 2.43. The molecule has 1 aliphatic heterocycles. The number of aryl methyl sites for hydroxylation is 1.